The van der Waals surface area contributed by atoms with Gasteiger partial charge in [-0.15, -0.1) is 0 Å². The molecule has 0 fully saturated rings. The van der Waals surface area contributed by atoms with Crippen molar-refractivity contribution in [3.05, 3.63) is 64.5 Å². The number of nitrogens with one attached hydrogen (secondary N) is 1. The maximum Gasteiger partial charge on any atom is 0.229 e. The van der Waals surface area contributed by atoms with Crippen molar-refractivity contribution >= 4 is 26.7 Å². The van der Waals surface area contributed by atoms with E-state index in [0.29, 0.717) is 39.8 Å². The summed E-state index contributed by atoms with van der Waals surface area (Å²) in [5.41, 5.74) is 2.25. The molecule has 0 aliphatic carbocycles. The zero-order valence-corrected chi connectivity index (χ0v) is 16.2. The molecule has 1 atom stereocenters. The van der Waals surface area contributed by atoms with Crippen LogP contribution in [-0.4, -0.2) is 25.9 Å². The highest BCUT2D eigenvalue weighted by Crippen LogP contribution is 2.22. The highest BCUT2D eigenvalue weighted by atomic mass is 32.2. The molecule has 6 nitrogen and oxygen atoms in total. The van der Waals surface area contributed by atoms with Gasteiger partial charge in [0.1, 0.15) is 18.0 Å². The van der Waals surface area contributed by atoms with Crippen molar-refractivity contribution in [3.8, 4) is 23.0 Å². The Kier molecular flexibility index (Phi) is 5.54. The summed E-state index contributed by atoms with van der Waals surface area (Å²) in [5, 5.41) is 9.95. The number of sulfonamides is 1. The van der Waals surface area contributed by atoms with Gasteiger partial charge < -0.3 is 9.52 Å². The minimum atomic E-state index is -3.36. The molecule has 144 valence electrons. The fourth-order valence-electron chi connectivity index (χ4n) is 2.61. The van der Waals surface area contributed by atoms with Crippen molar-refractivity contribution in [1.29, 1.82) is 0 Å². The molecule has 0 aliphatic heterocycles. The van der Waals surface area contributed by atoms with Crippen molar-refractivity contribution in [2.45, 2.75) is 19.4 Å². The number of benzene rings is 2. The Bertz CT molecular complexity index is 1230. The number of anilines is 1. The van der Waals surface area contributed by atoms with Gasteiger partial charge in [-0.25, -0.2) is 8.42 Å². The number of hydrogen-bond donors (Lipinski definition) is 2. The van der Waals surface area contributed by atoms with E-state index < -0.39 is 16.1 Å². The first-order valence-electron chi connectivity index (χ1n) is 8.60. The first kappa shape index (κ1) is 19.7. The molecule has 3 rings (SSSR count). The molecule has 2 N–H and O–H groups in total. The van der Waals surface area contributed by atoms with Gasteiger partial charge in [0.25, 0.3) is 0 Å². The lowest BCUT2D eigenvalue weighted by molar-refractivity contribution is 0.228. The van der Waals surface area contributed by atoms with Crippen LogP contribution < -0.4 is 10.2 Å². The van der Waals surface area contributed by atoms with Gasteiger partial charge in [-0.3, -0.25) is 9.52 Å². The van der Waals surface area contributed by atoms with E-state index in [2.05, 4.69) is 16.6 Å². The molecule has 0 radical (unpaired) electrons. The van der Waals surface area contributed by atoms with Crippen LogP contribution >= 0.6 is 0 Å². The predicted octanol–water partition coefficient (Wildman–Crippen LogP) is 2.95. The van der Waals surface area contributed by atoms with Gasteiger partial charge >= 0.3 is 0 Å². The highest BCUT2D eigenvalue weighted by Gasteiger charge is 2.10. The quantitative estimate of drug-likeness (QED) is 0.660. The second kappa shape index (κ2) is 7.89. The maximum absolute atomic E-state index is 12.8. The Labute approximate surface area is 162 Å². The van der Waals surface area contributed by atoms with Crippen molar-refractivity contribution in [2.75, 3.05) is 11.0 Å². The number of fused-ring (bicyclic) bond motifs is 1. The summed E-state index contributed by atoms with van der Waals surface area (Å²) in [7, 11) is -3.36. The van der Waals surface area contributed by atoms with Gasteiger partial charge in [-0.1, -0.05) is 30.9 Å². The lowest BCUT2D eigenvalue weighted by Crippen LogP contribution is -2.09. The van der Waals surface area contributed by atoms with Crippen LogP contribution in [0.3, 0.4) is 0 Å². The second-order valence-electron chi connectivity index (χ2n) is 6.33. The highest BCUT2D eigenvalue weighted by molar-refractivity contribution is 7.92. The average molecular weight is 397 g/mol. The molecule has 3 aromatic rings. The van der Waals surface area contributed by atoms with E-state index >= 15 is 0 Å². The van der Waals surface area contributed by atoms with Gasteiger partial charge in [0.05, 0.1) is 17.2 Å². The molecule has 1 aromatic heterocycles. The third-order valence-corrected chi connectivity index (χ3v) is 4.65. The van der Waals surface area contributed by atoms with Crippen LogP contribution in [0.4, 0.5) is 5.69 Å². The summed E-state index contributed by atoms with van der Waals surface area (Å²) in [4.78, 5) is 12.8. The van der Waals surface area contributed by atoms with Crippen LogP contribution in [0.1, 0.15) is 18.9 Å². The normalized spacial score (nSPS) is 12.2. The first-order chi connectivity index (χ1) is 13.3. The minimum absolute atomic E-state index is 0.196. The van der Waals surface area contributed by atoms with Crippen molar-refractivity contribution in [3.63, 3.8) is 0 Å². The molecule has 1 unspecified atom stereocenters. The lowest BCUT2D eigenvalue weighted by atomic mass is 10.0. The molecular formula is C21H19NO5S. The van der Waals surface area contributed by atoms with Crippen molar-refractivity contribution in [2.24, 2.45) is 0 Å². The monoisotopic (exact) mass is 397 g/mol. The standard InChI is InChI=1S/C21H19NO5S/c1-3-17(23)10-4-14-5-11-18-20(12-14)27-13-19(21(18)24)15-6-8-16(9-7-15)22-28(2,25)26/h5-9,11-13,17,22-23H,3H2,1-2H3. The van der Waals surface area contributed by atoms with Crippen molar-refractivity contribution in [1.82, 2.24) is 0 Å². The Morgan fingerprint density at radius 1 is 1.18 bits per heavy atom. The van der Waals surface area contributed by atoms with Crippen LogP contribution in [0, 0.1) is 11.8 Å². The Balaban J connectivity index is 1.96. The molecule has 0 aliphatic rings. The summed E-state index contributed by atoms with van der Waals surface area (Å²) >= 11 is 0. The molecule has 2 aromatic carbocycles. The summed E-state index contributed by atoms with van der Waals surface area (Å²) in [6, 6.07) is 11.5. The molecule has 0 bridgehead atoms. The SMILES string of the molecule is CCC(O)C#Cc1ccc2c(=O)c(-c3ccc(NS(C)(=O)=O)cc3)coc2c1. The van der Waals surface area contributed by atoms with Crippen molar-refractivity contribution < 1.29 is 17.9 Å². The predicted molar refractivity (Wildman–Crippen MR) is 110 cm³/mol. The zero-order valence-electron chi connectivity index (χ0n) is 15.4. The fourth-order valence-corrected chi connectivity index (χ4v) is 3.17. The van der Waals surface area contributed by atoms with Gasteiger partial charge in [0.15, 0.2) is 5.43 Å². The fraction of sp³-hybridized carbons (Fsp3) is 0.190. The van der Waals surface area contributed by atoms with Crippen LogP contribution in [-0.2, 0) is 10.0 Å². The third-order valence-electron chi connectivity index (χ3n) is 4.04. The number of rotatable bonds is 4. The van der Waals surface area contributed by atoms with E-state index in [1.807, 2.05) is 6.92 Å². The summed E-state index contributed by atoms with van der Waals surface area (Å²) < 4.78 is 30.6. The molecule has 0 saturated heterocycles. The maximum atomic E-state index is 12.8. The summed E-state index contributed by atoms with van der Waals surface area (Å²) in [5.74, 6) is 5.58. The first-order valence-corrected chi connectivity index (χ1v) is 10.5. The molecule has 28 heavy (non-hydrogen) atoms. The van der Waals surface area contributed by atoms with Crippen LogP contribution in [0.5, 0.6) is 0 Å². The Morgan fingerprint density at radius 3 is 2.54 bits per heavy atom. The lowest BCUT2D eigenvalue weighted by Gasteiger charge is -2.06. The minimum Gasteiger partial charge on any atom is -0.463 e. The largest absolute Gasteiger partial charge is 0.463 e. The van der Waals surface area contributed by atoms with Crippen LogP contribution in [0.25, 0.3) is 22.1 Å². The van der Waals surface area contributed by atoms with Gasteiger partial charge in [-0.05, 0) is 42.3 Å². The van der Waals surface area contributed by atoms with E-state index in [1.54, 1.807) is 42.5 Å². The van der Waals surface area contributed by atoms with E-state index in [4.69, 9.17) is 4.42 Å². The topological polar surface area (TPSA) is 96.6 Å². The van der Waals surface area contributed by atoms with E-state index in [9.17, 15) is 18.3 Å². The molecule has 0 saturated carbocycles. The zero-order chi connectivity index (χ0) is 20.3. The molecule has 1 heterocycles. The van der Waals surface area contributed by atoms with E-state index in [-0.39, 0.29) is 5.43 Å². The summed E-state index contributed by atoms with van der Waals surface area (Å²) in [6.07, 6.45) is 2.30. The second-order valence-corrected chi connectivity index (χ2v) is 8.08. The van der Waals surface area contributed by atoms with Gasteiger partial charge in [0.2, 0.25) is 10.0 Å². The smallest absolute Gasteiger partial charge is 0.229 e. The molecular weight excluding hydrogens is 378 g/mol. The number of hydrogen-bond acceptors (Lipinski definition) is 5. The molecule has 0 amide bonds. The Hall–Kier alpha value is -3.08. The van der Waals surface area contributed by atoms with Crippen LogP contribution in [0.15, 0.2) is 57.9 Å². The Morgan fingerprint density at radius 2 is 1.89 bits per heavy atom. The summed E-state index contributed by atoms with van der Waals surface area (Å²) in [6.45, 7) is 1.84. The third kappa shape index (κ3) is 4.60. The van der Waals surface area contributed by atoms with Gasteiger partial charge in [-0.2, -0.15) is 0 Å². The van der Waals surface area contributed by atoms with E-state index in [0.717, 1.165) is 6.26 Å². The molecule has 0 spiro atoms. The molecule has 7 heteroatoms. The van der Waals surface area contributed by atoms with E-state index in [1.165, 1.54) is 6.26 Å². The van der Waals surface area contributed by atoms with Crippen LogP contribution in [0.2, 0.25) is 0 Å². The van der Waals surface area contributed by atoms with Gasteiger partial charge in [0, 0.05) is 11.3 Å². The average Bonchev–Trinajstić information content (AvgIpc) is 2.66. The number of aliphatic hydroxyl groups is 1. The number of aliphatic hydroxyl groups excluding tert-OH is 1.